The van der Waals surface area contributed by atoms with E-state index in [2.05, 4.69) is 10.3 Å². The number of benzene rings is 1. The number of thioether (sulfide) groups is 1. The first kappa shape index (κ1) is 13.8. The number of carbonyl (C=O) groups is 1. The number of carbonyl (C=O) groups excluding carboxylic acids is 1. The summed E-state index contributed by atoms with van der Waals surface area (Å²) >= 11 is 7.02. The molecule has 0 fully saturated rings. The van der Waals surface area contributed by atoms with Gasteiger partial charge in [0, 0.05) is 11.2 Å². The molecule has 0 spiro atoms. The molecule has 2 aromatic rings. The SMILES string of the molecule is O=C(CSc1ccccn1)Nc1cc(Cl)ccc1F. The second-order valence-corrected chi connectivity index (χ2v) is 5.06. The summed E-state index contributed by atoms with van der Waals surface area (Å²) in [7, 11) is 0. The topological polar surface area (TPSA) is 42.0 Å². The van der Waals surface area contributed by atoms with Crippen LogP contribution in [0.25, 0.3) is 0 Å². The Bertz CT molecular complexity index is 580. The molecule has 2 rings (SSSR count). The summed E-state index contributed by atoms with van der Waals surface area (Å²) in [6, 6.07) is 9.45. The normalized spacial score (nSPS) is 10.2. The zero-order chi connectivity index (χ0) is 13.7. The minimum atomic E-state index is -0.513. The van der Waals surface area contributed by atoms with Crippen molar-refractivity contribution in [3.8, 4) is 0 Å². The molecule has 0 aliphatic carbocycles. The summed E-state index contributed by atoms with van der Waals surface area (Å²) < 4.78 is 13.4. The number of hydrogen-bond acceptors (Lipinski definition) is 3. The van der Waals surface area contributed by atoms with Crippen LogP contribution >= 0.6 is 23.4 Å². The van der Waals surface area contributed by atoms with Crippen molar-refractivity contribution in [2.24, 2.45) is 0 Å². The minimum absolute atomic E-state index is 0.0825. The average molecular weight is 297 g/mol. The van der Waals surface area contributed by atoms with E-state index in [1.54, 1.807) is 18.3 Å². The van der Waals surface area contributed by atoms with Gasteiger partial charge in [0.1, 0.15) is 5.82 Å². The summed E-state index contributed by atoms with van der Waals surface area (Å²) in [5.41, 5.74) is 0.0825. The van der Waals surface area contributed by atoms with Crippen molar-refractivity contribution in [1.82, 2.24) is 4.98 Å². The molecule has 0 aliphatic rings. The van der Waals surface area contributed by atoms with Crippen LogP contribution < -0.4 is 5.32 Å². The Morgan fingerprint density at radius 3 is 2.95 bits per heavy atom. The van der Waals surface area contributed by atoms with Gasteiger partial charge in [-0.1, -0.05) is 29.4 Å². The zero-order valence-corrected chi connectivity index (χ0v) is 11.3. The highest BCUT2D eigenvalue weighted by atomic mass is 35.5. The molecule has 0 aliphatic heterocycles. The Labute approximate surface area is 119 Å². The molecule has 0 saturated carbocycles. The van der Waals surface area contributed by atoms with E-state index in [-0.39, 0.29) is 17.3 Å². The van der Waals surface area contributed by atoms with Gasteiger partial charge >= 0.3 is 0 Å². The number of nitrogens with one attached hydrogen (secondary N) is 1. The van der Waals surface area contributed by atoms with Gasteiger partial charge in [0.05, 0.1) is 16.5 Å². The molecule has 19 heavy (non-hydrogen) atoms. The van der Waals surface area contributed by atoms with Crippen LogP contribution in [0.3, 0.4) is 0 Å². The number of aromatic nitrogens is 1. The number of pyridine rings is 1. The van der Waals surface area contributed by atoms with Gasteiger partial charge in [-0.25, -0.2) is 9.37 Å². The molecule has 3 nitrogen and oxygen atoms in total. The summed E-state index contributed by atoms with van der Waals surface area (Å²) in [4.78, 5) is 15.8. The molecule has 1 heterocycles. The van der Waals surface area contributed by atoms with Gasteiger partial charge in [0.15, 0.2) is 0 Å². The van der Waals surface area contributed by atoms with Crippen molar-refractivity contribution in [3.05, 3.63) is 53.4 Å². The molecule has 0 unspecified atom stereocenters. The van der Waals surface area contributed by atoms with Crippen molar-refractivity contribution in [2.75, 3.05) is 11.1 Å². The van der Waals surface area contributed by atoms with E-state index in [9.17, 15) is 9.18 Å². The van der Waals surface area contributed by atoms with Crippen molar-refractivity contribution < 1.29 is 9.18 Å². The maximum Gasteiger partial charge on any atom is 0.234 e. The molecule has 1 aromatic carbocycles. The zero-order valence-electron chi connectivity index (χ0n) is 9.77. The Kier molecular flexibility index (Phi) is 4.76. The summed E-state index contributed by atoms with van der Waals surface area (Å²) in [5, 5.41) is 3.58. The summed E-state index contributed by atoms with van der Waals surface area (Å²) in [5.74, 6) is -0.666. The molecule has 1 amide bonds. The third-order valence-electron chi connectivity index (χ3n) is 2.19. The number of anilines is 1. The highest BCUT2D eigenvalue weighted by Crippen LogP contribution is 2.20. The number of halogens is 2. The van der Waals surface area contributed by atoms with Crippen molar-refractivity contribution in [2.45, 2.75) is 5.03 Å². The lowest BCUT2D eigenvalue weighted by Gasteiger charge is -2.06. The van der Waals surface area contributed by atoms with Crippen LogP contribution in [0.5, 0.6) is 0 Å². The van der Waals surface area contributed by atoms with E-state index in [0.29, 0.717) is 5.02 Å². The average Bonchev–Trinajstić information content (AvgIpc) is 2.42. The highest BCUT2D eigenvalue weighted by Gasteiger charge is 2.08. The van der Waals surface area contributed by atoms with E-state index in [1.165, 1.54) is 30.0 Å². The first-order valence-electron chi connectivity index (χ1n) is 5.44. The van der Waals surface area contributed by atoms with Crippen LogP contribution in [-0.2, 0) is 4.79 Å². The largest absolute Gasteiger partial charge is 0.323 e. The third-order valence-corrected chi connectivity index (χ3v) is 3.37. The number of rotatable bonds is 4. The van der Waals surface area contributed by atoms with E-state index in [0.717, 1.165) is 5.03 Å². The monoisotopic (exact) mass is 296 g/mol. The molecule has 1 aromatic heterocycles. The van der Waals surface area contributed by atoms with Gasteiger partial charge in [0.25, 0.3) is 0 Å². The highest BCUT2D eigenvalue weighted by molar-refractivity contribution is 7.99. The molecular weight excluding hydrogens is 287 g/mol. The van der Waals surface area contributed by atoms with Gasteiger partial charge in [-0.05, 0) is 30.3 Å². The third kappa shape index (κ3) is 4.22. The fraction of sp³-hybridized carbons (Fsp3) is 0.0769. The summed E-state index contributed by atoms with van der Waals surface area (Å²) in [6.07, 6.45) is 1.65. The van der Waals surface area contributed by atoms with Crippen LogP contribution in [-0.4, -0.2) is 16.6 Å². The Balaban J connectivity index is 1.93. The molecule has 6 heteroatoms. The Morgan fingerprint density at radius 1 is 1.37 bits per heavy atom. The molecule has 0 radical (unpaired) electrons. The summed E-state index contributed by atoms with van der Waals surface area (Å²) in [6.45, 7) is 0. The van der Waals surface area contributed by atoms with Crippen molar-refractivity contribution in [3.63, 3.8) is 0 Å². The van der Waals surface area contributed by atoms with Crippen LogP contribution in [0.1, 0.15) is 0 Å². The van der Waals surface area contributed by atoms with Crippen LogP contribution in [0.4, 0.5) is 10.1 Å². The van der Waals surface area contributed by atoms with E-state index in [1.807, 2.05) is 6.07 Å². The first-order chi connectivity index (χ1) is 9.15. The lowest BCUT2D eigenvalue weighted by Crippen LogP contribution is -2.15. The quantitative estimate of drug-likeness (QED) is 0.877. The molecular formula is C13H10ClFN2OS. The molecule has 0 bridgehead atoms. The van der Waals surface area contributed by atoms with Crippen molar-refractivity contribution in [1.29, 1.82) is 0 Å². The molecule has 0 saturated heterocycles. The lowest BCUT2D eigenvalue weighted by atomic mass is 10.3. The van der Waals surface area contributed by atoms with E-state index < -0.39 is 5.82 Å². The Morgan fingerprint density at radius 2 is 2.21 bits per heavy atom. The lowest BCUT2D eigenvalue weighted by molar-refractivity contribution is -0.113. The first-order valence-corrected chi connectivity index (χ1v) is 6.80. The van der Waals surface area contributed by atoms with Crippen molar-refractivity contribution >= 4 is 35.0 Å². The maximum atomic E-state index is 13.4. The van der Waals surface area contributed by atoms with E-state index >= 15 is 0 Å². The molecule has 0 atom stereocenters. The van der Waals surface area contributed by atoms with Crippen LogP contribution in [0.15, 0.2) is 47.6 Å². The molecule has 1 N–H and O–H groups in total. The smallest absolute Gasteiger partial charge is 0.234 e. The van der Waals surface area contributed by atoms with Gasteiger partial charge in [0.2, 0.25) is 5.91 Å². The van der Waals surface area contributed by atoms with Crippen LogP contribution in [0.2, 0.25) is 5.02 Å². The number of hydrogen-bond donors (Lipinski definition) is 1. The predicted octanol–water partition coefficient (Wildman–Crippen LogP) is 3.60. The van der Waals surface area contributed by atoms with Gasteiger partial charge in [-0.15, -0.1) is 0 Å². The van der Waals surface area contributed by atoms with Gasteiger partial charge < -0.3 is 5.32 Å². The predicted molar refractivity (Wildman–Crippen MR) is 75.0 cm³/mol. The number of amides is 1. The Hall–Kier alpha value is -1.59. The fourth-order valence-electron chi connectivity index (χ4n) is 1.35. The fourth-order valence-corrected chi connectivity index (χ4v) is 2.18. The second-order valence-electron chi connectivity index (χ2n) is 3.63. The standard InChI is InChI=1S/C13H10ClFN2OS/c14-9-4-5-10(15)11(7-9)17-12(18)8-19-13-3-1-2-6-16-13/h1-7H,8H2,(H,17,18). The van der Waals surface area contributed by atoms with Gasteiger partial charge in [-0.2, -0.15) is 0 Å². The van der Waals surface area contributed by atoms with Crippen LogP contribution in [0, 0.1) is 5.82 Å². The maximum absolute atomic E-state index is 13.4. The van der Waals surface area contributed by atoms with E-state index in [4.69, 9.17) is 11.6 Å². The minimum Gasteiger partial charge on any atom is -0.323 e. The molecule has 98 valence electrons. The number of nitrogens with zero attached hydrogens (tertiary/aromatic N) is 1. The second kappa shape index (κ2) is 6.54. The van der Waals surface area contributed by atoms with Gasteiger partial charge in [-0.3, -0.25) is 4.79 Å².